The zero-order chi connectivity index (χ0) is 22.6. The molecule has 1 saturated heterocycles. The van der Waals surface area contributed by atoms with Gasteiger partial charge in [0.1, 0.15) is 17.8 Å². The van der Waals surface area contributed by atoms with Crippen molar-refractivity contribution in [2.75, 3.05) is 13.1 Å². The predicted octanol–water partition coefficient (Wildman–Crippen LogP) is 4.77. The number of aromatic amines is 1. The van der Waals surface area contributed by atoms with Crippen LogP contribution in [-0.4, -0.2) is 49.5 Å². The number of ether oxygens (including phenoxy) is 2. The second-order valence-corrected chi connectivity index (χ2v) is 8.21. The Kier molecular flexibility index (Phi) is 6.49. The lowest BCUT2D eigenvalue weighted by Crippen LogP contribution is -2.40. The SMILES string of the molecule is O=C(Oc1ccc(Oc2ccc(C(F)(F)F)cn2)cc1)N1CCC(Sc2ncn[nH]2)CC1. The van der Waals surface area contributed by atoms with Gasteiger partial charge in [-0.1, -0.05) is 11.8 Å². The van der Waals surface area contributed by atoms with Crippen LogP contribution >= 0.6 is 11.8 Å². The van der Waals surface area contributed by atoms with Gasteiger partial charge < -0.3 is 14.4 Å². The molecule has 0 radical (unpaired) electrons. The van der Waals surface area contributed by atoms with Gasteiger partial charge in [-0.2, -0.15) is 18.3 Å². The van der Waals surface area contributed by atoms with Crippen LogP contribution in [0.3, 0.4) is 0 Å². The molecule has 1 N–H and O–H groups in total. The smallest absolute Gasteiger partial charge is 0.417 e. The number of halogens is 3. The van der Waals surface area contributed by atoms with Gasteiger partial charge in [-0.05, 0) is 43.2 Å². The van der Waals surface area contributed by atoms with E-state index in [9.17, 15) is 18.0 Å². The second kappa shape index (κ2) is 9.47. The predicted molar refractivity (Wildman–Crippen MR) is 109 cm³/mol. The summed E-state index contributed by atoms with van der Waals surface area (Å²) in [5.74, 6) is 0.706. The molecule has 12 heteroatoms. The van der Waals surface area contributed by atoms with Crippen LogP contribution in [0.15, 0.2) is 54.1 Å². The Morgan fingerprint density at radius 1 is 1.06 bits per heavy atom. The number of hydrogen-bond donors (Lipinski definition) is 1. The van der Waals surface area contributed by atoms with E-state index in [0.717, 1.165) is 30.1 Å². The van der Waals surface area contributed by atoms with Crippen LogP contribution in [-0.2, 0) is 6.18 Å². The first kappa shape index (κ1) is 21.9. The van der Waals surface area contributed by atoms with E-state index in [1.54, 1.807) is 40.9 Å². The molecule has 32 heavy (non-hydrogen) atoms. The normalized spacial score (nSPS) is 14.9. The zero-order valence-electron chi connectivity index (χ0n) is 16.6. The zero-order valence-corrected chi connectivity index (χ0v) is 17.4. The minimum Gasteiger partial charge on any atom is -0.439 e. The maximum Gasteiger partial charge on any atom is 0.417 e. The highest BCUT2D eigenvalue weighted by Gasteiger charge is 2.30. The molecule has 1 amide bonds. The largest absolute Gasteiger partial charge is 0.439 e. The molecule has 3 aromatic rings. The number of piperidine rings is 1. The van der Waals surface area contributed by atoms with Crippen LogP contribution in [0.25, 0.3) is 0 Å². The van der Waals surface area contributed by atoms with E-state index in [2.05, 4.69) is 20.2 Å². The average molecular weight is 465 g/mol. The minimum absolute atomic E-state index is 0.0221. The van der Waals surface area contributed by atoms with Crippen molar-refractivity contribution in [2.24, 2.45) is 0 Å². The highest BCUT2D eigenvalue weighted by Crippen LogP contribution is 2.31. The fourth-order valence-electron chi connectivity index (χ4n) is 3.04. The molecular formula is C20H18F3N5O3S. The lowest BCUT2D eigenvalue weighted by Gasteiger charge is -2.30. The van der Waals surface area contributed by atoms with Crippen molar-refractivity contribution in [2.45, 2.75) is 29.4 Å². The number of nitrogens with one attached hydrogen (secondary N) is 1. The second-order valence-electron chi connectivity index (χ2n) is 6.92. The number of likely N-dealkylation sites (tertiary alicyclic amines) is 1. The van der Waals surface area contributed by atoms with Gasteiger partial charge in [0.2, 0.25) is 5.88 Å². The Hall–Kier alpha value is -3.28. The maximum atomic E-state index is 12.6. The highest BCUT2D eigenvalue weighted by atomic mass is 32.2. The standard InChI is InChI=1S/C20H18F3N5O3S/c21-20(22,23)13-1-6-17(24-11-13)30-14-2-4-15(5-3-14)31-19(29)28-9-7-16(8-10-28)32-18-25-12-26-27-18/h1-6,11-12,16H,7-10H2,(H,25,26,27). The third-order valence-electron chi connectivity index (χ3n) is 4.69. The number of pyridine rings is 1. The number of thioether (sulfide) groups is 1. The van der Waals surface area contributed by atoms with Crippen LogP contribution in [0.1, 0.15) is 18.4 Å². The number of aromatic nitrogens is 4. The summed E-state index contributed by atoms with van der Waals surface area (Å²) in [5.41, 5.74) is -0.854. The summed E-state index contributed by atoms with van der Waals surface area (Å²) in [6, 6.07) is 8.21. The van der Waals surface area contributed by atoms with Crippen molar-refractivity contribution in [1.82, 2.24) is 25.1 Å². The molecule has 0 saturated carbocycles. The molecule has 1 aliphatic rings. The van der Waals surface area contributed by atoms with Crippen LogP contribution in [0.4, 0.5) is 18.0 Å². The Morgan fingerprint density at radius 2 is 1.78 bits per heavy atom. The first-order valence-corrected chi connectivity index (χ1v) is 10.5. The summed E-state index contributed by atoms with van der Waals surface area (Å²) in [4.78, 5) is 21.8. The minimum atomic E-state index is -4.46. The monoisotopic (exact) mass is 465 g/mol. The van der Waals surface area contributed by atoms with E-state index in [-0.39, 0.29) is 5.88 Å². The van der Waals surface area contributed by atoms with Crippen molar-refractivity contribution in [3.8, 4) is 17.4 Å². The third-order valence-corrected chi connectivity index (χ3v) is 5.91. The number of carbonyl (C=O) groups excluding carboxylic acids is 1. The molecule has 0 aliphatic carbocycles. The first-order chi connectivity index (χ1) is 15.4. The molecule has 3 heterocycles. The van der Waals surface area contributed by atoms with Gasteiger partial charge in [-0.3, -0.25) is 5.10 Å². The van der Waals surface area contributed by atoms with E-state index in [0.29, 0.717) is 36.0 Å². The van der Waals surface area contributed by atoms with Crippen molar-refractivity contribution in [3.05, 3.63) is 54.5 Å². The summed E-state index contributed by atoms with van der Waals surface area (Å²) in [5, 5.41) is 7.75. The number of benzene rings is 1. The van der Waals surface area contributed by atoms with Crippen molar-refractivity contribution in [3.63, 3.8) is 0 Å². The molecule has 2 aromatic heterocycles. The summed E-state index contributed by atoms with van der Waals surface area (Å²) in [7, 11) is 0. The van der Waals surface area contributed by atoms with Gasteiger partial charge in [-0.25, -0.2) is 14.8 Å². The van der Waals surface area contributed by atoms with Gasteiger partial charge in [0.15, 0.2) is 5.16 Å². The van der Waals surface area contributed by atoms with E-state index in [1.165, 1.54) is 6.33 Å². The number of nitrogens with zero attached hydrogens (tertiary/aromatic N) is 4. The molecule has 1 aliphatic heterocycles. The Bertz CT molecular complexity index is 1020. The number of alkyl halides is 3. The Balaban J connectivity index is 1.26. The molecule has 4 rings (SSSR count). The van der Waals surface area contributed by atoms with E-state index < -0.39 is 17.8 Å². The fourth-order valence-corrected chi connectivity index (χ4v) is 4.01. The van der Waals surface area contributed by atoms with Gasteiger partial charge in [0.05, 0.1) is 5.56 Å². The molecule has 1 aromatic carbocycles. The number of rotatable bonds is 5. The van der Waals surface area contributed by atoms with Crippen molar-refractivity contribution >= 4 is 17.9 Å². The molecule has 1 fully saturated rings. The Labute approximate surface area is 185 Å². The molecule has 0 atom stereocenters. The van der Waals surface area contributed by atoms with Crippen LogP contribution in [0.2, 0.25) is 0 Å². The van der Waals surface area contributed by atoms with Gasteiger partial charge >= 0.3 is 12.3 Å². The number of hydrogen-bond acceptors (Lipinski definition) is 7. The molecule has 0 unspecified atom stereocenters. The molecule has 8 nitrogen and oxygen atoms in total. The lowest BCUT2D eigenvalue weighted by atomic mass is 10.1. The van der Waals surface area contributed by atoms with E-state index >= 15 is 0 Å². The van der Waals surface area contributed by atoms with Gasteiger partial charge in [-0.15, -0.1) is 0 Å². The quantitative estimate of drug-likeness (QED) is 0.580. The van der Waals surface area contributed by atoms with Crippen LogP contribution < -0.4 is 9.47 Å². The average Bonchev–Trinajstić information content (AvgIpc) is 3.28. The molecule has 0 bridgehead atoms. The topological polar surface area (TPSA) is 93.2 Å². The van der Waals surface area contributed by atoms with E-state index in [1.807, 2.05) is 0 Å². The first-order valence-electron chi connectivity index (χ1n) is 9.67. The van der Waals surface area contributed by atoms with E-state index in [4.69, 9.17) is 9.47 Å². The molecule has 168 valence electrons. The lowest BCUT2D eigenvalue weighted by molar-refractivity contribution is -0.137. The maximum absolute atomic E-state index is 12.6. The van der Waals surface area contributed by atoms with Gasteiger partial charge in [0.25, 0.3) is 0 Å². The fraction of sp³-hybridized carbons (Fsp3) is 0.300. The molecule has 0 spiro atoms. The number of carbonyl (C=O) groups is 1. The summed E-state index contributed by atoms with van der Waals surface area (Å²) in [6.45, 7) is 1.15. The number of amides is 1. The van der Waals surface area contributed by atoms with Crippen molar-refractivity contribution < 1.29 is 27.4 Å². The van der Waals surface area contributed by atoms with Gasteiger partial charge in [0, 0.05) is 30.6 Å². The molecular weight excluding hydrogens is 447 g/mol. The summed E-state index contributed by atoms with van der Waals surface area (Å²) >= 11 is 1.61. The highest BCUT2D eigenvalue weighted by molar-refractivity contribution is 7.99. The van der Waals surface area contributed by atoms with Crippen LogP contribution in [0.5, 0.6) is 17.4 Å². The summed E-state index contributed by atoms with van der Waals surface area (Å²) < 4.78 is 48.6. The van der Waals surface area contributed by atoms with Crippen molar-refractivity contribution in [1.29, 1.82) is 0 Å². The van der Waals surface area contributed by atoms with Crippen LogP contribution in [0, 0.1) is 0 Å². The third kappa shape index (κ3) is 5.69. The number of H-pyrrole nitrogens is 1. The Morgan fingerprint density at radius 3 is 2.38 bits per heavy atom. The summed E-state index contributed by atoms with van der Waals surface area (Å²) in [6.07, 6.45) is -1.10.